The zero-order valence-electron chi connectivity index (χ0n) is 14.3. The van der Waals surface area contributed by atoms with Crippen LogP contribution in [0.25, 0.3) is 0 Å². The van der Waals surface area contributed by atoms with Gasteiger partial charge >= 0.3 is 0 Å². The van der Waals surface area contributed by atoms with E-state index in [0.717, 1.165) is 11.1 Å². The first-order valence-electron chi connectivity index (χ1n) is 8.49. The lowest BCUT2D eigenvalue weighted by atomic mass is 9.88. The number of hydrogen-bond donors (Lipinski definition) is 1. The molecule has 1 N–H and O–H groups in total. The topological polar surface area (TPSA) is 49.4 Å². The first kappa shape index (κ1) is 18.6. The highest BCUT2D eigenvalue weighted by Crippen LogP contribution is 2.27. The van der Waals surface area contributed by atoms with Gasteiger partial charge in [0.05, 0.1) is 5.75 Å². The van der Waals surface area contributed by atoms with Crippen LogP contribution in [0.4, 0.5) is 0 Å². The summed E-state index contributed by atoms with van der Waals surface area (Å²) in [6, 6.07) is 20.1. The van der Waals surface area contributed by atoms with E-state index in [0.29, 0.717) is 29.6 Å². The predicted octanol–water partition coefficient (Wildman–Crippen LogP) is 3.19. The Morgan fingerprint density at radius 3 is 2.15 bits per heavy atom. The van der Waals surface area contributed by atoms with Gasteiger partial charge in [0, 0.05) is 25.4 Å². The highest BCUT2D eigenvalue weighted by molar-refractivity contribution is 8.23. The van der Waals surface area contributed by atoms with Crippen molar-refractivity contribution in [1.29, 1.82) is 0 Å². The fourth-order valence-electron chi connectivity index (χ4n) is 2.96. The Kier molecular flexibility index (Phi) is 6.41. The van der Waals surface area contributed by atoms with Gasteiger partial charge in [0.2, 0.25) is 11.8 Å². The number of thiocarbonyl (C=S) groups is 1. The number of benzene rings is 2. The molecule has 0 aromatic heterocycles. The van der Waals surface area contributed by atoms with Crippen LogP contribution in [0, 0.1) is 0 Å². The third-order valence-corrected chi connectivity index (χ3v) is 5.72. The fourth-order valence-corrected chi connectivity index (χ4v) is 4.08. The Bertz CT molecular complexity index is 725. The van der Waals surface area contributed by atoms with Crippen LogP contribution in [0.15, 0.2) is 60.7 Å². The molecule has 1 heterocycles. The molecule has 1 aliphatic heterocycles. The van der Waals surface area contributed by atoms with Crippen LogP contribution in [-0.4, -0.2) is 39.9 Å². The molecular formula is C20H20N2O2S2. The lowest BCUT2D eigenvalue weighted by molar-refractivity contribution is -0.125. The van der Waals surface area contributed by atoms with Crippen molar-refractivity contribution in [2.24, 2.45) is 0 Å². The molecule has 26 heavy (non-hydrogen) atoms. The van der Waals surface area contributed by atoms with Gasteiger partial charge in [0.25, 0.3) is 0 Å². The van der Waals surface area contributed by atoms with Crippen molar-refractivity contribution in [2.75, 3.05) is 18.8 Å². The maximum Gasteiger partial charge on any atom is 0.238 e. The number of carbonyl (C=O) groups excluding carboxylic acids is 2. The molecule has 6 heteroatoms. The minimum Gasteiger partial charge on any atom is -0.354 e. The molecule has 0 radical (unpaired) electrons. The van der Waals surface area contributed by atoms with Crippen LogP contribution in [0.1, 0.15) is 23.5 Å². The molecule has 0 spiro atoms. The summed E-state index contributed by atoms with van der Waals surface area (Å²) in [5.74, 6) is 0.382. The predicted molar refractivity (Wildman–Crippen MR) is 109 cm³/mol. The standard InChI is InChI=1S/C20H20N2O2S2/c23-18(21-11-12-22-19(24)14-26-20(22)25)13-17(15-7-3-1-4-8-15)16-9-5-2-6-10-16/h1-10,17H,11-14H2,(H,21,23). The van der Waals surface area contributed by atoms with Gasteiger partial charge in [-0.2, -0.15) is 0 Å². The molecule has 134 valence electrons. The van der Waals surface area contributed by atoms with Gasteiger partial charge in [-0.05, 0) is 11.1 Å². The van der Waals surface area contributed by atoms with Crippen molar-refractivity contribution >= 4 is 40.1 Å². The summed E-state index contributed by atoms with van der Waals surface area (Å²) in [5.41, 5.74) is 2.22. The van der Waals surface area contributed by atoms with Crippen LogP contribution in [0.2, 0.25) is 0 Å². The largest absolute Gasteiger partial charge is 0.354 e. The molecule has 2 aromatic carbocycles. The van der Waals surface area contributed by atoms with E-state index in [9.17, 15) is 9.59 Å². The number of carbonyl (C=O) groups is 2. The Balaban J connectivity index is 1.61. The monoisotopic (exact) mass is 384 g/mol. The molecule has 2 amide bonds. The molecule has 0 bridgehead atoms. The first-order chi connectivity index (χ1) is 12.6. The molecular weight excluding hydrogens is 364 g/mol. The van der Waals surface area contributed by atoms with Gasteiger partial charge in [-0.25, -0.2) is 0 Å². The summed E-state index contributed by atoms with van der Waals surface area (Å²) in [7, 11) is 0. The van der Waals surface area contributed by atoms with Crippen LogP contribution in [0.3, 0.4) is 0 Å². The van der Waals surface area contributed by atoms with E-state index < -0.39 is 0 Å². The van der Waals surface area contributed by atoms with Crippen LogP contribution >= 0.6 is 24.0 Å². The van der Waals surface area contributed by atoms with E-state index in [2.05, 4.69) is 5.32 Å². The quantitative estimate of drug-likeness (QED) is 0.745. The highest BCUT2D eigenvalue weighted by atomic mass is 32.2. The Hall–Kier alpha value is -2.18. The van der Waals surface area contributed by atoms with Crippen molar-refractivity contribution in [1.82, 2.24) is 10.2 Å². The summed E-state index contributed by atoms with van der Waals surface area (Å²) in [5, 5.41) is 2.92. The highest BCUT2D eigenvalue weighted by Gasteiger charge is 2.26. The molecule has 1 aliphatic rings. The fraction of sp³-hybridized carbons (Fsp3) is 0.250. The lowest BCUT2D eigenvalue weighted by Gasteiger charge is -2.19. The average molecular weight is 385 g/mol. The third kappa shape index (κ3) is 4.71. The van der Waals surface area contributed by atoms with Crippen molar-refractivity contribution in [3.63, 3.8) is 0 Å². The van der Waals surface area contributed by atoms with Crippen molar-refractivity contribution in [3.8, 4) is 0 Å². The molecule has 1 fully saturated rings. The number of hydrogen-bond acceptors (Lipinski definition) is 4. The molecule has 2 aromatic rings. The molecule has 0 atom stereocenters. The van der Waals surface area contributed by atoms with E-state index in [1.807, 2.05) is 60.7 Å². The second-order valence-corrected chi connectivity index (χ2v) is 7.64. The van der Waals surface area contributed by atoms with E-state index in [4.69, 9.17) is 12.2 Å². The summed E-state index contributed by atoms with van der Waals surface area (Å²) >= 11 is 6.52. The Morgan fingerprint density at radius 1 is 1.08 bits per heavy atom. The van der Waals surface area contributed by atoms with Crippen LogP contribution in [-0.2, 0) is 9.59 Å². The zero-order chi connectivity index (χ0) is 18.4. The third-order valence-electron chi connectivity index (χ3n) is 4.29. The summed E-state index contributed by atoms with van der Waals surface area (Å²) in [6.07, 6.45) is 0.362. The minimum absolute atomic E-state index is 0.00227. The Labute approximate surface area is 163 Å². The number of rotatable bonds is 7. The minimum atomic E-state index is -0.0343. The van der Waals surface area contributed by atoms with E-state index in [1.54, 1.807) is 4.90 Å². The zero-order valence-corrected chi connectivity index (χ0v) is 15.9. The molecule has 0 saturated carbocycles. The number of amides is 2. The summed E-state index contributed by atoms with van der Waals surface area (Å²) in [6.45, 7) is 0.833. The number of thioether (sulfide) groups is 1. The average Bonchev–Trinajstić information content (AvgIpc) is 2.99. The summed E-state index contributed by atoms with van der Waals surface area (Å²) < 4.78 is 0.593. The lowest BCUT2D eigenvalue weighted by Crippen LogP contribution is -2.37. The second-order valence-electron chi connectivity index (χ2n) is 6.03. The van der Waals surface area contributed by atoms with Gasteiger partial charge in [-0.1, -0.05) is 84.6 Å². The SMILES string of the molecule is O=C(CC(c1ccccc1)c1ccccc1)NCCN1C(=O)CSC1=S. The van der Waals surface area contributed by atoms with Gasteiger partial charge in [-0.15, -0.1) is 0 Å². The van der Waals surface area contributed by atoms with Crippen molar-refractivity contribution < 1.29 is 9.59 Å². The molecule has 4 nitrogen and oxygen atoms in total. The van der Waals surface area contributed by atoms with E-state index in [-0.39, 0.29) is 17.7 Å². The smallest absolute Gasteiger partial charge is 0.238 e. The first-order valence-corrected chi connectivity index (χ1v) is 9.88. The van der Waals surface area contributed by atoms with Gasteiger partial charge < -0.3 is 5.32 Å². The molecule has 0 unspecified atom stereocenters. The van der Waals surface area contributed by atoms with Crippen LogP contribution < -0.4 is 5.32 Å². The van der Waals surface area contributed by atoms with Crippen LogP contribution in [0.5, 0.6) is 0 Å². The number of nitrogens with zero attached hydrogens (tertiary/aromatic N) is 1. The Morgan fingerprint density at radius 2 is 1.65 bits per heavy atom. The molecule has 0 aliphatic carbocycles. The maximum absolute atomic E-state index is 12.5. The normalized spacial score (nSPS) is 14.1. The molecule has 3 rings (SSSR count). The number of nitrogens with one attached hydrogen (secondary N) is 1. The van der Waals surface area contributed by atoms with Crippen molar-refractivity contribution in [3.05, 3.63) is 71.8 Å². The second kappa shape index (κ2) is 8.96. The summed E-state index contributed by atoms with van der Waals surface area (Å²) in [4.78, 5) is 25.8. The van der Waals surface area contributed by atoms with E-state index in [1.165, 1.54) is 11.8 Å². The van der Waals surface area contributed by atoms with Gasteiger partial charge in [0.15, 0.2) is 0 Å². The van der Waals surface area contributed by atoms with Gasteiger partial charge in [-0.3, -0.25) is 14.5 Å². The van der Waals surface area contributed by atoms with Gasteiger partial charge in [0.1, 0.15) is 4.32 Å². The maximum atomic E-state index is 12.5. The molecule has 1 saturated heterocycles. The van der Waals surface area contributed by atoms with E-state index >= 15 is 0 Å². The van der Waals surface area contributed by atoms with Crippen molar-refractivity contribution in [2.45, 2.75) is 12.3 Å².